The third kappa shape index (κ3) is 4.72. The van der Waals surface area contributed by atoms with Gasteiger partial charge in [-0.2, -0.15) is 0 Å². The third-order valence-corrected chi connectivity index (χ3v) is 6.31. The van der Waals surface area contributed by atoms with Crippen LogP contribution in [0.2, 0.25) is 0 Å². The molecule has 1 atom stereocenters. The van der Waals surface area contributed by atoms with Crippen LogP contribution in [0.1, 0.15) is 11.1 Å². The summed E-state index contributed by atoms with van der Waals surface area (Å²) in [5.41, 5.74) is 6.89. The normalized spacial score (nSPS) is 14.8. The summed E-state index contributed by atoms with van der Waals surface area (Å²) >= 11 is 0. The monoisotopic (exact) mass is 443 g/mol. The van der Waals surface area contributed by atoms with E-state index in [1.165, 1.54) is 11.1 Å². The number of aromatic nitrogens is 2. The Bertz CT molecular complexity index is 1270. The van der Waals surface area contributed by atoms with E-state index in [0.717, 1.165) is 53.2 Å². The van der Waals surface area contributed by atoms with Gasteiger partial charge in [0.15, 0.2) is 0 Å². The molecule has 5 rings (SSSR count). The number of rotatable bonds is 7. The highest BCUT2D eigenvalue weighted by Gasteiger charge is 2.19. The fourth-order valence-electron chi connectivity index (χ4n) is 4.49. The van der Waals surface area contributed by atoms with E-state index in [-0.39, 0.29) is 6.61 Å². The molecule has 4 aromatic rings. The van der Waals surface area contributed by atoms with Crippen molar-refractivity contribution < 1.29 is 14.6 Å². The first-order valence-corrected chi connectivity index (χ1v) is 11.3. The second-order valence-corrected chi connectivity index (χ2v) is 8.67. The quantitative estimate of drug-likeness (QED) is 0.467. The number of benzene rings is 3. The van der Waals surface area contributed by atoms with Gasteiger partial charge >= 0.3 is 0 Å². The zero-order chi connectivity index (χ0) is 22.8. The molecule has 1 N–H and O–H groups in total. The van der Waals surface area contributed by atoms with Gasteiger partial charge in [-0.05, 0) is 65.1 Å². The van der Waals surface area contributed by atoms with Crippen LogP contribution in [0.25, 0.3) is 22.2 Å². The number of hydrogen-bond acceptors (Lipinski definition) is 5. The van der Waals surface area contributed by atoms with Crippen molar-refractivity contribution in [1.29, 1.82) is 0 Å². The Morgan fingerprint density at radius 2 is 1.88 bits per heavy atom. The van der Waals surface area contributed by atoms with Crippen molar-refractivity contribution >= 4 is 11.0 Å². The van der Waals surface area contributed by atoms with Gasteiger partial charge in [-0.25, -0.2) is 4.98 Å². The van der Waals surface area contributed by atoms with Crippen molar-refractivity contribution in [3.05, 3.63) is 78.1 Å². The van der Waals surface area contributed by atoms with Crippen LogP contribution in [-0.4, -0.2) is 52.5 Å². The van der Waals surface area contributed by atoms with E-state index in [2.05, 4.69) is 40.2 Å². The lowest BCUT2D eigenvalue weighted by molar-refractivity contribution is 0.0637. The molecule has 0 spiro atoms. The maximum Gasteiger partial charge on any atom is 0.120 e. The summed E-state index contributed by atoms with van der Waals surface area (Å²) in [7, 11) is 3.69. The van der Waals surface area contributed by atoms with E-state index < -0.39 is 6.10 Å². The molecule has 0 bridgehead atoms. The first-order chi connectivity index (χ1) is 16.1. The summed E-state index contributed by atoms with van der Waals surface area (Å²) in [5.74, 6) is 1.63. The minimum Gasteiger partial charge on any atom is -0.497 e. The Kier molecular flexibility index (Phi) is 6.03. The summed E-state index contributed by atoms with van der Waals surface area (Å²) in [5, 5.41) is 10.6. The van der Waals surface area contributed by atoms with E-state index in [0.29, 0.717) is 6.54 Å². The van der Waals surface area contributed by atoms with Crippen LogP contribution in [0.15, 0.2) is 67.0 Å². The second kappa shape index (κ2) is 9.25. The van der Waals surface area contributed by atoms with Gasteiger partial charge in [0.1, 0.15) is 24.2 Å². The van der Waals surface area contributed by atoms with Crippen LogP contribution < -0.4 is 9.47 Å². The standard InChI is InChI=1S/C27H29N3O3/c1-29-18-28-26-9-7-21(14-27(26)29)20-4-3-5-25(12-20)33-17-23(31)16-30-11-10-19-6-8-24(32-2)13-22(19)15-30/h3-9,12-14,18,23,31H,10-11,15-17H2,1-2H3. The summed E-state index contributed by atoms with van der Waals surface area (Å²) in [6, 6.07) is 20.5. The molecule has 33 heavy (non-hydrogen) atoms. The molecule has 6 nitrogen and oxygen atoms in total. The van der Waals surface area contributed by atoms with Gasteiger partial charge < -0.3 is 19.1 Å². The molecular formula is C27H29N3O3. The Hall–Kier alpha value is -3.35. The molecule has 6 heteroatoms. The maximum absolute atomic E-state index is 10.6. The van der Waals surface area contributed by atoms with Crippen molar-refractivity contribution in [2.45, 2.75) is 19.1 Å². The highest BCUT2D eigenvalue weighted by atomic mass is 16.5. The lowest BCUT2D eigenvalue weighted by atomic mass is 9.99. The van der Waals surface area contributed by atoms with Crippen molar-refractivity contribution in [2.75, 3.05) is 26.8 Å². The fourth-order valence-corrected chi connectivity index (χ4v) is 4.49. The van der Waals surface area contributed by atoms with Crippen molar-refractivity contribution in [1.82, 2.24) is 14.5 Å². The molecule has 2 heterocycles. The van der Waals surface area contributed by atoms with Gasteiger partial charge in [-0.1, -0.05) is 24.3 Å². The van der Waals surface area contributed by atoms with Gasteiger partial charge in [0, 0.05) is 26.7 Å². The molecule has 1 aromatic heterocycles. The van der Waals surface area contributed by atoms with E-state index in [4.69, 9.17) is 9.47 Å². The van der Waals surface area contributed by atoms with Gasteiger partial charge in [0.2, 0.25) is 0 Å². The largest absolute Gasteiger partial charge is 0.497 e. The van der Waals surface area contributed by atoms with Crippen LogP contribution >= 0.6 is 0 Å². The number of hydrogen-bond donors (Lipinski definition) is 1. The van der Waals surface area contributed by atoms with Crippen LogP contribution in [-0.2, 0) is 20.0 Å². The average molecular weight is 444 g/mol. The molecule has 0 amide bonds. The van der Waals surface area contributed by atoms with Crippen LogP contribution in [0.4, 0.5) is 0 Å². The molecule has 1 aliphatic rings. The number of β-amino-alcohol motifs (C(OH)–C–C–N with tert-alkyl or cyclic N) is 1. The molecule has 0 saturated carbocycles. The van der Waals surface area contributed by atoms with Gasteiger partial charge in [0.25, 0.3) is 0 Å². The maximum atomic E-state index is 10.6. The summed E-state index contributed by atoms with van der Waals surface area (Å²) in [6.07, 6.45) is 2.24. The molecule has 3 aromatic carbocycles. The van der Waals surface area contributed by atoms with Crippen LogP contribution in [0.5, 0.6) is 11.5 Å². The van der Waals surface area contributed by atoms with Crippen molar-refractivity contribution in [2.24, 2.45) is 7.05 Å². The minimum atomic E-state index is -0.563. The molecule has 170 valence electrons. The number of aryl methyl sites for hydroxylation is 1. The smallest absolute Gasteiger partial charge is 0.120 e. The predicted molar refractivity (Wildman–Crippen MR) is 130 cm³/mol. The van der Waals surface area contributed by atoms with Crippen molar-refractivity contribution in [3.63, 3.8) is 0 Å². The van der Waals surface area contributed by atoms with E-state index in [9.17, 15) is 5.11 Å². The highest BCUT2D eigenvalue weighted by molar-refractivity contribution is 5.82. The number of nitrogens with zero attached hydrogens (tertiary/aromatic N) is 3. The molecule has 1 aliphatic heterocycles. The van der Waals surface area contributed by atoms with E-state index in [1.54, 1.807) is 7.11 Å². The zero-order valence-electron chi connectivity index (χ0n) is 19.1. The lowest BCUT2D eigenvalue weighted by Crippen LogP contribution is -2.38. The number of aliphatic hydroxyl groups is 1. The Labute approximate surface area is 194 Å². The summed E-state index contributed by atoms with van der Waals surface area (Å²) < 4.78 is 13.3. The number of fused-ring (bicyclic) bond motifs is 2. The zero-order valence-corrected chi connectivity index (χ0v) is 19.1. The highest BCUT2D eigenvalue weighted by Crippen LogP contribution is 2.27. The first-order valence-electron chi connectivity index (χ1n) is 11.3. The molecule has 1 unspecified atom stereocenters. The second-order valence-electron chi connectivity index (χ2n) is 8.67. The topological polar surface area (TPSA) is 59.8 Å². The number of methoxy groups -OCH3 is 1. The first kappa shape index (κ1) is 21.5. The summed E-state index contributed by atoms with van der Waals surface area (Å²) in [4.78, 5) is 6.66. The molecule has 0 saturated heterocycles. The third-order valence-electron chi connectivity index (χ3n) is 6.31. The molecular weight excluding hydrogens is 414 g/mol. The lowest BCUT2D eigenvalue weighted by Gasteiger charge is -2.30. The molecule has 0 radical (unpaired) electrons. The number of ether oxygens (including phenoxy) is 2. The van der Waals surface area contributed by atoms with Gasteiger partial charge in [0.05, 0.1) is 24.5 Å². The van der Waals surface area contributed by atoms with Crippen LogP contribution in [0, 0.1) is 0 Å². The Morgan fingerprint density at radius 1 is 1.00 bits per heavy atom. The van der Waals surface area contributed by atoms with Crippen molar-refractivity contribution in [3.8, 4) is 22.6 Å². The minimum absolute atomic E-state index is 0.256. The number of aliphatic hydroxyl groups excluding tert-OH is 1. The van der Waals surface area contributed by atoms with E-state index >= 15 is 0 Å². The summed E-state index contributed by atoms with van der Waals surface area (Å²) in [6.45, 7) is 2.58. The predicted octanol–water partition coefficient (Wildman–Crippen LogP) is 4.05. The Morgan fingerprint density at radius 3 is 2.76 bits per heavy atom. The Balaban J connectivity index is 1.20. The fraction of sp³-hybridized carbons (Fsp3) is 0.296. The van der Waals surface area contributed by atoms with E-state index in [1.807, 2.05) is 48.3 Å². The van der Waals surface area contributed by atoms with Gasteiger partial charge in [-0.15, -0.1) is 0 Å². The van der Waals surface area contributed by atoms with Crippen LogP contribution in [0.3, 0.4) is 0 Å². The molecule has 0 aliphatic carbocycles. The SMILES string of the molecule is COc1ccc2c(c1)CN(CC(O)COc1cccc(-c3ccc4ncn(C)c4c3)c1)CC2. The van der Waals surface area contributed by atoms with Gasteiger partial charge in [-0.3, -0.25) is 4.90 Å². The average Bonchev–Trinajstić information content (AvgIpc) is 3.22. The number of imidazole rings is 1. The molecule has 0 fully saturated rings.